The molecule has 0 atom stereocenters. The van der Waals surface area contributed by atoms with Gasteiger partial charge in [0.25, 0.3) is 0 Å². The molecule has 8 heteroatoms. The summed E-state index contributed by atoms with van der Waals surface area (Å²) in [6.45, 7) is 0. The number of rotatable bonds is 0. The largest absolute Gasteiger partial charge is 0.544 e. The highest BCUT2D eigenvalue weighted by atomic mass is 31.2. The summed E-state index contributed by atoms with van der Waals surface area (Å²) in [7, 11) is -2.09. The molecule has 0 N–H and O–H groups in total. The molecule has 0 aromatic carbocycles. The molecule has 3 saturated heterocycles. The van der Waals surface area contributed by atoms with Crippen molar-refractivity contribution in [3.8, 4) is 0 Å². The van der Waals surface area contributed by atoms with Crippen LogP contribution in [0.4, 0.5) is 4.79 Å². The maximum absolute atomic E-state index is 10.8. The van der Waals surface area contributed by atoms with Crippen LogP contribution in [0.25, 0.3) is 0 Å². The lowest BCUT2D eigenvalue weighted by atomic mass is 11.0. The van der Waals surface area contributed by atoms with Crippen LogP contribution in [-0.2, 0) is 18.4 Å². The fourth-order valence-electron chi connectivity index (χ4n) is 0.587. The van der Waals surface area contributed by atoms with Gasteiger partial charge in [0.15, 0.2) is 0 Å². The molecule has 0 radical (unpaired) electrons. The molecular formula is C2H3N2O5P. The zero-order valence-corrected chi connectivity index (χ0v) is 5.78. The molecule has 2 amide bonds. The number of fused-ring (bicyclic) bond motifs is 2. The van der Waals surface area contributed by atoms with E-state index in [1.807, 2.05) is 0 Å². The van der Waals surface area contributed by atoms with Gasteiger partial charge >= 0.3 is 13.9 Å². The van der Waals surface area contributed by atoms with Crippen molar-refractivity contribution in [1.29, 1.82) is 0 Å². The number of hydroxylamine groups is 4. The number of phosphoric acid groups is 1. The SMILES string of the molecule is CN1OP2(=O)ON(O2)C1=O. The van der Waals surface area contributed by atoms with Gasteiger partial charge in [-0.1, -0.05) is 0 Å². The molecule has 7 nitrogen and oxygen atoms in total. The Labute approximate surface area is 55.5 Å². The van der Waals surface area contributed by atoms with Crippen molar-refractivity contribution in [2.24, 2.45) is 0 Å². The van der Waals surface area contributed by atoms with Crippen LogP contribution >= 0.6 is 7.82 Å². The second-order valence-electron chi connectivity index (χ2n) is 1.73. The average molecular weight is 166 g/mol. The van der Waals surface area contributed by atoms with Gasteiger partial charge in [-0.25, -0.2) is 9.36 Å². The van der Waals surface area contributed by atoms with Crippen molar-refractivity contribution in [2.75, 3.05) is 7.05 Å². The van der Waals surface area contributed by atoms with E-state index in [-0.39, 0.29) is 0 Å². The monoisotopic (exact) mass is 166 g/mol. The molecule has 10 heavy (non-hydrogen) atoms. The normalized spacial score (nSPS) is 28.3. The molecule has 3 rings (SSSR count). The third kappa shape index (κ3) is 0.600. The Morgan fingerprint density at radius 3 is 2.40 bits per heavy atom. The van der Waals surface area contributed by atoms with Crippen molar-refractivity contribution in [1.82, 2.24) is 10.3 Å². The van der Waals surface area contributed by atoms with Gasteiger partial charge in [-0.2, -0.15) is 9.69 Å². The van der Waals surface area contributed by atoms with E-state index < -0.39 is 13.9 Å². The lowest BCUT2D eigenvalue weighted by Gasteiger charge is -2.40. The number of amides is 2. The number of carbonyl (C=O) groups is 1. The standard InChI is InChI=1S/C2H3N2O5P/c1-3-2(5)4-8-10(6,7-3)9-4/h1H3. The molecular weight excluding hydrogens is 163 g/mol. The van der Waals surface area contributed by atoms with Crippen LogP contribution in [0.3, 0.4) is 0 Å². The minimum absolute atomic E-state index is 0.504. The van der Waals surface area contributed by atoms with Gasteiger partial charge in [0.1, 0.15) is 0 Å². The molecule has 0 aromatic rings. The molecule has 3 aliphatic rings. The van der Waals surface area contributed by atoms with E-state index in [0.29, 0.717) is 5.23 Å². The summed E-state index contributed by atoms with van der Waals surface area (Å²) >= 11 is 0. The Kier molecular flexibility index (Phi) is 0.924. The molecule has 3 heterocycles. The van der Waals surface area contributed by atoms with Gasteiger partial charge in [-0.05, 0) is 5.23 Å². The van der Waals surface area contributed by atoms with Gasteiger partial charge in [0.05, 0.1) is 0 Å². The Balaban J connectivity index is 2.24. The van der Waals surface area contributed by atoms with Crippen molar-refractivity contribution >= 4 is 13.9 Å². The molecule has 2 bridgehead atoms. The quantitative estimate of drug-likeness (QED) is 0.483. The summed E-state index contributed by atoms with van der Waals surface area (Å²) in [6, 6.07) is -0.641. The molecule has 3 aliphatic heterocycles. The van der Waals surface area contributed by atoms with Gasteiger partial charge in [-0.15, -0.1) is 9.25 Å². The van der Waals surface area contributed by atoms with E-state index in [0.717, 1.165) is 5.06 Å². The van der Waals surface area contributed by atoms with E-state index in [1.165, 1.54) is 7.05 Å². The van der Waals surface area contributed by atoms with E-state index in [1.54, 1.807) is 0 Å². The smallest absolute Gasteiger partial charge is 0.241 e. The zero-order valence-electron chi connectivity index (χ0n) is 4.88. The first-order valence-corrected chi connectivity index (χ1v) is 3.84. The third-order valence-electron chi connectivity index (χ3n) is 0.996. The lowest BCUT2D eigenvalue weighted by molar-refractivity contribution is -0.359. The highest BCUT2D eigenvalue weighted by Gasteiger charge is 2.56. The summed E-state index contributed by atoms with van der Waals surface area (Å²) < 4.78 is 23.8. The van der Waals surface area contributed by atoms with Crippen LogP contribution in [0.2, 0.25) is 0 Å². The van der Waals surface area contributed by atoms with Crippen molar-refractivity contribution < 1.29 is 23.2 Å². The predicted octanol–water partition coefficient (Wildman–Crippen LogP) is 0.270. The zero-order chi connectivity index (χ0) is 7.35. The van der Waals surface area contributed by atoms with Gasteiger partial charge < -0.3 is 0 Å². The van der Waals surface area contributed by atoms with E-state index in [2.05, 4.69) is 13.9 Å². The number of urea groups is 1. The van der Waals surface area contributed by atoms with Crippen LogP contribution in [0.1, 0.15) is 0 Å². The summed E-state index contributed by atoms with van der Waals surface area (Å²) in [5, 5.41) is 1.29. The minimum atomic E-state index is -3.41. The Bertz CT molecular complexity index is 226. The van der Waals surface area contributed by atoms with E-state index >= 15 is 0 Å². The summed E-state index contributed by atoms with van der Waals surface area (Å²) in [6.07, 6.45) is 0. The van der Waals surface area contributed by atoms with Crippen LogP contribution in [-0.4, -0.2) is 23.4 Å². The molecule has 0 spiro atoms. The molecule has 56 valence electrons. The fraction of sp³-hybridized carbons (Fsp3) is 0.500. The van der Waals surface area contributed by atoms with Crippen LogP contribution in [0, 0.1) is 0 Å². The van der Waals surface area contributed by atoms with E-state index in [4.69, 9.17) is 0 Å². The molecule has 0 saturated carbocycles. The number of nitrogens with zero attached hydrogens (tertiary/aromatic N) is 2. The van der Waals surface area contributed by atoms with Crippen molar-refractivity contribution in [2.45, 2.75) is 0 Å². The first-order valence-electron chi connectivity index (χ1n) is 2.38. The topological polar surface area (TPSA) is 68.3 Å². The minimum Gasteiger partial charge on any atom is -0.241 e. The highest BCUT2D eigenvalue weighted by Crippen LogP contribution is 2.62. The predicted molar refractivity (Wildman–Crippen MR) is 25.9 cm³/mol. The van der Waals surface area contributed by atoms with Gasteiger partial charge in [0, 0.05) is 7.05 Å². The number of hydrogen-bond acceptors (Lipinski definition) is 5. The molecule has 3 fully saturated rings. The van der Waals surface area contributed by atoms with Crippen molar-refractivity contribution in [3.63, 3.8) is 0 Å². The highest BCUT2D eigenvalue weighted by molar-refractivity contribution is 7.49. The summed E-state index contributed by atoms with van der Waals surface area (Å²) in [5.74, 6) is 0. The summed E-state index contributed by atoms with van der Waals surface area (Å²) in [5.41, 5.74) is 0. The number of carbonyl (C=O) groups excluding carboxylic acids is 1. The molecule has 0 aliphatic carbocycles. The maximum atomic E-state index is 10.8. The van der Waals surface area contributed by atoms with Crippen LogP contribution in [0.15, 0.2) is 0 Å². The second-order valence-corrected chi connectivity index (χ2v) is 3.11. The third-order valence-corrected chi connectivity index (χ3v) is 2.14. The van der Waals surface area contributed by atoms with Crippen LogP contribution < -0.4 is 0 Å². The summed E-state index contributed by atoms with van der Waals surface area (Å²) in [4.78, 5) is 10.7. The first kappa shape index (κ1) is 6.11. The molecule has 0 unspecified atom stereocenters. The van der Waals surface area contributed by atoms with Gasteiger partial charge in [-0.3, -0.25) is 0 Å². The lowest BCUT2D eigenvalue weighted by Crippen LogP contribution is -2.51. The first-order chi connectivity index (χ1) is 4.61. The van der Waals surface area contributed by atoms with Gasteiger partial charge in [0.2, 0.25) is 0 Å². The Hall–Kier alpha value is -0.620. The molecule has 0 aromatic heterocycles. The fourth-order valence-corrected chi connectivity index (χ4v) is 1.53. The Morgan fingerprint density at radius 1 is 1.40 bits per heavy atom. The van der Waals surface area contributed by atoms with E-state index in [9.17, 15) is 9.36 Å². The average Bonchev–Trinajstić information content (AvgIpc) is 1.77. The van der Waals surface area contributed by atoms with Crippen molar-refractivity contribution in [3.05, 3.63) is 0 Å². The second kappa shape index (κ2) is 1.51. The number of hydrogen-bond donors (Lipinski definition) is 0. The Morgan fingerprint density at radius 2 is 2.00 bits per heavy atom. The van der Waals surface area contributed by atoms with Crippen LogP contribution in [0.5, 0.6) is 0 Å². The maximum Gasteiger partial charge on any atom is 0.544 e.